The van der Waals surface area contributed by atoms with Gasteiger partial charge in [-0.15, -0.1) is 0 Å². The molecule has 0 spiro atoms. The second kappa shape index (κ2) is 5.16. The van der Waals surface area contributed by atoms with E-state index in [-0.39, 0.29) is 16.4 Å². The topological polar surface area (TPSA) is 83.6 Å². The third-order valence-electron chi connectivity index (χ3n) is 3.22. The molecular formula is C12H16N2O3S2. The van der Waals surface area contributed by atoms with E-state index >= 15 is 0 Å². The molecule has 0 aromatic heterocycles. The Morgan fingerprint density at radius 3 is 2.74 bits per heavy atom. The summed E-state index contributed by atoms with van der Waals surface area (Å²) in [5, 5.41) is 9.48. The third kappa shape index (κ3) is 2.79. The van der Waals surface area contributed by atoms with Gasteiger partial charge in [0.2, 0.25) is 10.0 Å². The normalized spacial score (nSPS) is 20.6. The van der Waals surface area contributed by atoms with Gasteiger partial charge in [0, 0.05) is 18.7 Å². The van der Waals surface area contributed by atoms with Gasteiger partial charge >= 0.3 is 0 Å². The molecular weight excluding hydrogens is 284 g/mol. The summed E-state index contributed by atoms with van der Waals surface area (Å²) in [6.07, 6.45) is -0.123. The first-order valence-electron chi connectivity index (χ1n) is 5.91. The quantitative estimate of drug-likeness (QED) is 0.789. The smallest absolute Gasteiger partial charge is 0.243 e. The molecule has 2 rings (SSSR count). The van der Waals surface area contributed by atoms with Crippen molar-refractivity contribution < 1.29 is 13.5 Å². The second-order valence-corrected chi connectivity index (χ2v) is 7.00. The highest BCUT2D eigenvalue weighted by Gasteiger charge is 2.32. The van der Waals surface area contributed by atoms with Crippen LogP contribution in [0.2, 0.25) is 0 Å². The van der Waals surface area contributed by atoms with Gasteiger partial charge in [0.25, 0.3) is 0 Å². The van der Waals surface area contributed by atoms with E-state index in [0.717, 1.165) is 0 Å². The maximum atomic E-state index is 12.5. The Labute approximate surface area is 118 Å². The number of rotatable bonds is 3. The molecule has 1 aromatic carbocycles. The minimum Gasteiger partial charge on any atom is -0.392 e. The van der Waals surface area contributed by atoms with E-state index < -0.39 is 16.1 Å². The largest absolute Gasteiger partial charge is 0.392 e. The number of aliphatic hydroxyl groups is 1. The standard InChI is InChI=1S/C12H16N2O3S2/c1-8-2-3-9(12(13)18)6-11(8)19(16,17)14-5-4-10(15)7-14/h2-3,6,10,15H,4-5,7H2,1H3,(H2,13,18). The summed E-state index contributed by atoms with van der Waals surface area (Å²) in [5.41, 5.74) is 6.70. The molecule has 104 valence electrons. The Morgan fingerprint density at radius 2 is 2.21 bits per heavy atom. The van der Waals surface area contributed by atoms with E-state index in [4.69, 9.17) is 18.0 Å². The number of aryl methyl sites for hydroxylation is 1. The predicted molar refractivity (Wildman–Crippen MR) is 76.4 cm³/mol. The van der Waals surface area contributed by atoms with Crippen LogP contribution in [-0.2, 0) is 10.0 Å². The van der Waals surface area contributed by atoms with Crippen molar-refractivity contribution in [3.8, 4) is 0 Å². The summed E-state index contributed by atoms with van der Waals surface area (Å²) in [6.45, 7) is 2.20. The van der Waals surface area contributed by atoms with Crippen molar-refractivity contribution in [3.63, 3.8) is 0 Å². The maximum Gasteiger partial charge on any atom is 0.243 e. The molecule has 1 fully saturated rings. The molecule has 3 N–H and O–H groups in total. The van der Waals surface area contributed by atoms with Crippen LogP contribution >= 0.6 is 12.2 Å². The van der Waals surface area contributed by atoms with Gasteiger partial charge in [-0.05, 0) is 25.0 Å². The summed E-state index contributed by atoms with van der Waals surface area (Å²) >= 11 is 4.87. The van der Waals surface area contributed by atoms with Crippen molar-refractivity contribution in [1.29, 1.82) is 0 Å². The van der Waals surface area contributed by atoms with Gasteiger partial charge in [-0.2, -0.15) is 4.31 Å². The molecule has 0 aliphatic carbocycles. The van der Waals surface area contributed by atoms with Crippen LogP contribution in [0, 0.1) is 6.92 Å². The Bertz CT molecular complexity index is 613. The summed E-state index contributed by atoms with van der Waals surface area (Å²) in [4.78, 5) is 0.366. The molecule has 19 heavy (non-hydrogen) atoms. The van der Waals surface area contributed by atoms with Crippen molar-refractivity contribution in [1.82, 2.24) is 4.31 Å². The summed E-state index contributed by atoms with van der Waals surface area (Å²) < 4.78 is 26.3. The van der Waals surface area contributed by atoms with E-state index in [9.17, 15) is 13.5 Å². The fraction of sp³-hybridized carbons (Fsp3) is 0.417. The van der Waals surface area contributed by atoms with Crippen LogP contribution in [0.1, 0.15) is 17.5 Å². The number of aliphatic hydroxyl groups excluding tert-OH is 1. The molecule has 1 heterocycles. The molecule has 0 amide bonds. The van der Waals surface area contributed by atoms with Crippen LogP contribution in [0.3, 0.4) is 0 Å². The molecule has 1 aliphatic rings. The average Bonchev–Trinajstić information content (AvgIpc) is 2.76. The van der Waals surface area contributed by atoms with Gasteiger partial charge in [-0.25, -0.2) is 8.42 Å². The van der Waals surface area contributed by atoms with E-state index in [2.05, 4.69) is 0 Å². The maximum absolute atomic E-state index is 12.5. The minimum absolute atomic E-state index is 0.138. The number of hydrogen-bond acceptors (Lipinski definition) is 4. The molecule has 0 radical (unpaired) electrons. The van der Waals surface area contributed by atoms with Crippen molar-refractivity contribution in [2.75, 3.05) is 13.1 Å². The number of nitrogens with two attached hydrogens (primary N) is 1. The van der Waals surface area contributed by atoms with E-state index in [1.165, 1.54) is 10.4 Å². The third-order valence-corrected chi connectivity index (χ3v) is 5.46. The lowest BCUT2D eigenvalue weighted by molar-refractivity contribution is 0.189. The summed E-state index contributed by atoms with van der Waals surface area (Å²) in [7, 11) is -3.60. The van der Waals surface area contributed by atoms with Gasteiger partial charge in [0.05, 0.1) is 11.0 Å². The monoisotopic (exact) mass is 300 g/mol. The van der Waals surface area contributed by atoms with Crippen LogP contribution in [-0.4, -0.2) is 42.0 Å². The number of sulfonamides is 1. The predicted octanol–water partition coefficient (Wildman–Crippen LogP) is 0.385. The van der Waals surface area contributed by atoms with E-state index in [1.807, 2.05) is 0 Å². The molecule has 5 nitrogen and oxygen atoms in total. The van der Waals surface area contributed by atoms with Crippen LogP contribution in [0.15, 0.2) is 23.1 Å². The Hall–Kier alpha value is -1.02. The molecule has 7 heteroatoms. The lowest BCUT2D eigenvalue weighted by Gasteiger charge is -2.18. The zero-order valence-electron chi connectivity index (χ0n) is 10.5. The highest BCUT2D eigenvalue weighted by atomic mass is 32.2. The zero-order chi connectivity index (χ0) is 14.2. The fourth-order valence-electron chi connectivity index (χ4n) is 2.10. The highest BCUT2D eigenvalue weighted by Crippen LogP contribution is 2.24. The van der Waals surface area contributed by atoms with Gasteiger partial charge < -0.3 is 10.8 Å². The minimum atomic E-state index is -3.60. The van der Waals surface area contributed by atoms with Crippen LogP contribution in [0.4, 0.5) is 0 Å². The summed E-state index contributed by atoms with van der Waals surface area (Å²) in [6, 6.07) is 4.89. The van der Waals surface area contributed by atoms with Crippen LogP contribution in [0.5, 0.6) is 0 Å². The number of thiocarbonyl (C=S) groups is 1. The van der Waals surface area contributed by atoms with E-state index in [1.54, 1.807) is 19.1 Å². The second-order valence-electron chi connectivity index (χ2n) is 4.65. The zero-order valence-corrected chi connectivity index (χ0v) is 12.2. The Kier molecular flexibility index (Phi) is 3.91. The van der Waals surface area contributed by atoms with Crippen molar-refractivity contribution >= 4 is 27.2 Å². The van der Waals surface area contributed by atoms with Crippen LogP contribution in [0.25, 0.3) is 0 Å². The number of hydrogen-bond donors (Lipinski definition) is 2. The highest BCUT2D eigenvalue weighted by molar-refractivity contribution is 7.89. The van der Waals surface area contributed by atoms with Crippen molar-refractivity contribution in [2.45, 2.75) is 24.3 Å². The summed E-state index contributed by atoms with van der Waals surface area (Å²) in [5.74, 6) is 0. The Balaban J connectivity index is 2.45. The molecule has 1 aliphatic heterocycles. The molecule has 1 aromatic rings. The molecule has 1 atom stereocenters. The molecule has 0 bridgehead atoms. The first-order chi connectivity index (χ1) is 8.82. The van der Waals surface area contributed by atoms with Gasteiger partial charge in [-0.1, -0.05) is 24.4 Å². The van der Waals surface area contributed by atoms with Gasteiger partial charge in [0.1, 0.15) is 4.99 Å². The fourth-order valence-corrected chi connectivity index (χ4v) is 3.97. The molecule has 0 saturated carbocycles. The number of benzene rings is 1. The van der Waals surface area contributed by atoms with Crippen molar-refractivity contribution in [2.24, 2.45) is 5.73 Å². The lowest BCUT2D eigenvalue weighted by atomic mass is 10.1. The first-order valence-corrected chi connectivity index (χ1v) is 7.76. The molecule has 1 unspecified atom stereocenters. The first kappa shape index (κ1) is 14.4. The molecule has 1 saturated heterocycles. The van der Waals surface area contributed by atoms with E-state index in [0.29, 0.717) is 24.1 Å². The lowest BCUT2D eigenvalue weighted by Crippen LogP contribution is -2.30. The van der Waals surface area contributed by atoms with Crippen molar-refractivity contribution in [3.05, 3.63) is 29.3 Å². The number of β-amino-alcohol motifs (C(OH)–C–C–N with tert-alkyl or cyclic N) is 1. The van der Waals surface area contributed by atoms with Gasteiger partial charge in [0.15, 0.2) is 0 Å². The SMILES string of the molecule is Cc1ccc(C(N)=S)cc1S(=O)(=O)N1CCC(O)C1. The van der Waals surface area contributed by atoms with Crippen LogP contribution < -0.4 is 5.73 Å². The average molecular weight is 300 g/mol. The Morgan fingerprint density at radius 1 is 1.53 bits per heavy atom. The number of nitrogens with zero attached hydrogens (tertiary/aromatic N) is 1. The van der Waals surface area contributed by atoms with Gasteiger partial charge in [-0.3, -0.25) is 0 Å².